The number of hydrogen-bond donors (Lipinski definition) is 1. The first-order chi connectivity index (χ1) is 20.2. The van der Waals surface area contributed by atoms with Crippen LogP contribution in [0.25, 0.3) is 0 Å². The van der Waals surface area contributed by atoms with Crippen molar-refractivity contribution in [1.82, 2.24) is 10.2 Å². The van der Waals surface area contributed by atoms with Crippen LogP contribution in [0.3, 0.4) is 0 Å². The first kappa shape index (κ1) is 34.0. The van der Waals surface area contributed by atoms with Crippen LogP contribution in [0.1, 0.15) is 39.7 Å². The number of benzene rings is 3. The first-order valence-corrected chi connectivity index (χ1v) is 15.8. The predicted octanol–water partition coefficient (Wildman–Crippen LogP) is 5.93. The van der Waals surface area contributed by atoms with Crippen molar-refractivity contribution in [3.8, 4) is 11.5 Å². The van der Waals surface area contributed by atoms with Crippen molar-refractivity contribution in [3.05, 3.63) is 82.3 Å². The van der Waals surface area contributed by atoms with E-state index in [1.54, 1.807) is 55.5 Å². The van der Waals surface area contributed by atoms with Gasteiger partial charge in [-0.2, -0.15) is 0 Å². The summed E-state index contributed by atoms with van der Waals surface area (Å²) in [6.07, 6.45) is 0.253. The Morgan fingerprint density at radius 1 is 0.907 bits per heavy atom. The van der Waals surface area contributed by atoms with Crippen LogP contribution in [-0.2, 0) is 26.2 Å². The van der Waals surface area contributed by atoms with Gasteiger partial charge < -0.3 is 19.7 Å². The number of sulfonamides is 1. The lowest BCUT2D eigenvalue weighted by Crippen LogP contribution is -2.55. The minimum atomic E-state index is -4.31. The summed E-state index contributed by atoms with van der Waals surface area (Å²) in [6, 6.07) is 16.5. The van der Waals surface area contributed by atoms with Gasteiger partial charge in [0.25, 0.3) is 10.0 Å². The molecule has 0 aromatic heterocycles. The molecule has 3 rings (SSSR count). The van der Waals surface area contributed by atoms with Gasteiger partial charge in [0, 0.05) is 33.8 Å². The zero-order valence-corrected chi connectivity index (χ0v) is 27.4. The number of carbonyl (C=O) groups is 2. The lowest BCUT2D eigenvalue weighted by Gasteiger charge is -2.35. The van der Waals surface area contributed by atoms with E-state index < -0.39 is 34.1 Å². The second kappa shape index (κ2) is 14.3. The predicted molar refractivity (Wildman–Crippen MR) is 170 cm³/mol. The summed E-state index contributed by atoms with van der Waals surface area (Å²) in [5.41, 5.74) is 0.123. The van der Waals surface area contributed by atoms with E-state index in [0.29, 0.717) is 21.4 Å². The number of rotatable bonds is 12. The van der Waals surface area contributed by atoms with Crippen LogP contribution in [0, 0.1) is 0 Å². The van der Waals surface area contributed by atoms with Crippen molar-refractivity contribution in [1.29, 1.82) is 0 Å². The van der Waals surface area contributed by atoms with Gasteiger partial charge in [-0.15, -0.1) is 0 Å². The van der Waals surface area contributed by atoms with Crippen LogP contribution in [0.15, 0.2) is 71.6 Å². The molecule has 1 N–H and O–H groups in total. The fourth-order valence-corrected chi connectivity index (χ4v) is 6.40. The number of methoxy groups -OCH3 is 2. The summed E-state index contributed by atoms with van der Waals surface area (Å²) in [6.45, 7) is 6.55. The Balaban J connectivity index is 2.12. The molecule has 0 fully saturated rings. The third-order valence-electron chi connectivity index (χ3n) is 6.54. The van der Waals surface area contributed by atoms with Gasteiger partial charge in [0.05, 0.1) is 24.8 Å². The van der Waals surface area contributed by atoms with Gasteiger partial charge in [0.15, 0.2) is 11.5 Å². The number of nitrogens with one attached hydrogen (secondary N) is 1. The summed E-state index contributed by atoms with van der Waals surface area (Å²) in [7, 11) is -1.47. The Morgan fingerprint density at radius 3 is 2.05 bits per heavy atom. The van der Waals surface area contributed by atoms with Crippen LogP contribution in [0.2, 0.25) is 10.0 Å². The fourth-order valence-electron chi connectivity index (χ4n) is 4.45. The molecule has 0 heterocycles. The van der Waals surface area contributed by atoms with E-state index in [2.05, 4.69) is 5.32 Å². The summed E-state index contributed by atoms with van der Waals surface area (Å²) < 4.78 is 39.8. The average molecular weight is 651 g/mol. The van der Waals surface area contributed by atoms with E-state index in [9.17, 15) is 18.0 Å². The maximum absolute atomic E-state index is 14.2. The van der Waals surface area contributed by atoms with E-state index >= 15 is 0 Å². The Labute approximate surface area is 263 Å². The molecule has 2 amide bonds. The molecule has 232 valence electrons. The van der Waals surface area contributed by atoms with Crippen molar-refractivity contribution in [2.45, 2.75) is 57.1 Å². The van der Waals surface area contributed by atoms with Crippen LogP contribution in [0.5, 0.6) is 11.5 Å². The zero-order chi connectivity index (χ0) is 31.9. The molecule has 0 spiro atoms. The molecule has 0 aliphatic heterocycles. The van der Waals surface area contributed by atoms with Gasteiger partial charge in [-0.3, -0.25) is 13.9 Å². The smallest absolute Gasteiger partial charge is 0.264 e. The number of nitrogens with zero attached hydrogens (tertiary/aromatic N) is 2. The molecule has 0 unspecified atom stereocenters. The molecule has 0 radical (unpaired) electrons. The highest BCUT2D eigenvalue weighted by Crippen LogP contribution is 2.33. The van der Waals surface area contributed by atoms with Crippen molar-refractivity contribution in [3.63, 3.8) is 0 Å². The average Bonchev–Trinajstić information content (AvgIpc) is 2.96. The van der Waals surface area contributed by atoms with Gasteiger partial charge in [0.2, 0.25) is 11.8 Å². The van der Waals surface area contributed by atoms with E-state index in [0.717, 1.165) is 4.31 Å². The highest BCUT2D eigenvalue weighted by molar-refractivity contribution is 7.92. The fraction of sp³-hybridized carbons (Fsp3) is 0.355. The quantitative estimate of drug-likeness (QED) is 0.261. The molecule has 0 saturated carbocycles. The summed E-state index contributed by atoms with van der Waals surface area (Å²) in [4.78, 5) is 28.9. The first-order valence-electron chi connectivity index (χ1n) is 13.6. The zero-order valence-electron chi connectivity index (χ0n) is 25.1. The molecular weight excluding hydrogens is 613 g/mol. The lowest BCUT2D eigenvalue weighted by atomic mass is 10.1. The van der Waals surface area contributed by atoms with Crippen molar-refractivity contribution in [2.75, 3.05) is 25.1 Å². The van der Waals surface area contributed by atoms with Gasteiger partial charge in [-0.1, -0.05) is 54.4 Å². The second-order valence-corrected chi connectivity index (χ2v) is 13.4. The molecule has 43 heavy (non-hydrogen) atoms. The Hall–Kier alpha value is -3.47. The van der Waals surface area contributed by atoms with Gasteiger partial charge in [-0.05, 0) is 63.6 Å². The Kier molecular flexibility index (Phi) is 11.3. The van der Waals surface area contributed by atoms with Crippen LogP contribution >= 0.6 is 23.2 Å². The summed E-state index contributed by atoms with van der Waals surface area (Å²) in [5, 5.41) is 3.56. The topological polar surface area (TPSA) is 105 Å². The Bertz CT molecular complexity index is 1520. The number of hydrogen-bond acceptors (Lipinski definition) is 6. The van der Waals surface area contributed by atoms with Crippen molar-refractivity contribution < 1.29 is 27.5 Å². The van der Waals surface area contributed by atoms with E-state index in [1.165, 1.54) is 37.3 Å². The molecule has 3 aromatic rings. The number of halogens is 2. The molecule has 0 bridgehead atoms. The normalized spacial score (nSPS) is 12.3. The number of anilines is 1. The lowest BCUT2D eigenvalue weighted by molar-refractivity contribution is -0.141. The van der Waals surface area contributed by atoms with Crippen LogP contribution in [-0.4, -0.2) is 57.5 Å². The number of amides is 2. The minimum Gasteiger partial charge on any atom is -0.493 e. The molecule has 3 aromatic carbocycles. The molecule has 0 aliphatic carbocycles. The van der Waals surface area contributed by atoms with Gasteiger partial charge >= 0.3 is 0 Å². The molecule has 9 nitrogen and oxygen atoms in total. The number of carbonyl (C=O) groups excluding carboxylic acids is 2. The summed E-state index contributed by atoms with van der Waals surface area (Å²) in [5.74, 6) is -0.453. The maximum atomic E-state index is 14.2. The highest BCUT2D eigenvalue weighted by atomic mass is 35.5. The third-order valence-corrected chi connectivity index (χ3v) is 9.02. The maximum Gasteiger partial charge on any atom is 0.264 e. The van der Waals surface area contributed by atoms with Crippen molar-refractivity contribution in [2.24, 2.45) is 0 Å². The third kappa shape index (κ3) is 8.34. The summed E-state index contributed by atoms with van der Waals surface area (Å²) >= 11 is 12.9. The SMILES string of the molecule is CC[C@H](C(=O)NC(C)(C)C)N(Cc1c(Cl)cccc1Cl)C(=O)CN(c1ccccc1)S(=O)(=O)c1ccc(OC)c(OC)c1. The standard InChI is InChI=1S/C31H37Cl2N3O6S/c1-7-26(30(38)34-31(2,3)4)35(19-23-24(32)14-11-15-25(23)33)29(37)20-36(21-12-9-8-10-13-21)43(39,40)22-16-17-27(41-5)28(18-22)42-6/h8-18,26H,7,19-20H2,1-6H3,(H,34,38)/t26-/m1/s1. The van der Waals surface area contributed by atoms with E-state index in [-0.39, 0.29) is 35.2 Å². The van der Waals surface area contributed by atoms with E-state index in [1.807, 2.05) is 20.8 Å². The monoisotopic (exact) mass is 649 g/mol. The molecule has 12 heteroatoms. The Morgan fingerprint density at radius 2 is 1.51 bits per heavy atom. The number of para-hydroxylation sites is 1. The minimum absolute atomic E-state index is 0.111. The highest BCUT2D eigenvalue weighted by Gasteiger charge is 2.35. The van der Waals surface area contributed by atoms with E-state index in [4.69, 9.17) is 32.7 Å². The van der Waals surface area contributed by atoms with Gasteiger partial charge in [0.1, 0.15) is 12.6 Å². The molecule has 0 saturated heterocycles. The largest absolute Gasteiger partial charge is 0.493 e. The molecular formula is C31H37Cl2N3O6S. The van der Waals surface area contributed by atoms with Crippen LogP contribution < -0.4 is 19.1 Å². The van der Waals surface area contributed by atoms with Crippen molar-refractivity contribution >= 4 is 50.7 Å². The molecule has 1 atom stereocenters. The van der Waals surface area contributed by atoms with Crippen LogP contribution in [0.4, 0.5) is 5.69 Å². The second-order valence-electron chi connectivity index (χ2n) is 10.7. The van der Waals surface area contributed by atoms with Gasteiger partial charge in [-0.25, -0.2) is 8.42 Å². The molecule has 0 aliphatic rings. The number of ether oxygens (including phenoxy) is 2.